The van der Waals surface area contributed by atoms with Crippen molar-refractivity contribution in [3.63, 3.8) is 0 Å². The van der Waals surface area contributed by atoms with E-state index in [0.717, 1.165) is 10.9 Å². The first-order valence-electron chi connectivity index (χ1n) is 5.68. The zero-order valence-corrected chi connectivity index (χ0v) is 10.4. The average Bonchev–Trinajstić information content (AvgIpc) is 2.73. The zero-order valence-electron chi connectivity index (χ0n) is 10.4. The van der Waals surface area contributed by atoms with Crippen LogP contribution in [0.3, 0.4) is 0 Å². The molecule has 0 saturated heterocycles. The summed E-state index contributed by atoms with van der Waals surface area (Å²) in [5, 5.41) is 15.5. The summed E-state index contributed by atoms with van der Waals surface area (Å²) in [6, 6.07) is 7.94. The minimum absolute atomic E-state index is 0.425. The molecule has 1 heterocycles. The van der Waals surface area contributed by atoms with Gasteiger partial charge in [-0.05, 0) is 19.9 Å². The number of benzene rings is 1. The Balaban J connectivity index is 2.24. The Morgan fingerprint density at radius 3 is 2.82 bits per heavy atom. The Labute approximate surface area is 101 Å². The summed E-state index contributed by atoms with van der Waals surface area (Å²) in [6.45, 7) is 4.15. The van der Waals surface area contributed by atoms with Gasteiger partial charge in [0.25, 0.3) is 0 Å². The molecular formula is C13H18N2O2. The molecule has 1 aromatic heterocycles. The van der Waals surface area contributed by atoms with Crippen LogP contribution in [0.15, 0.2) is 30.5 Å². The van der Waals surface area contributed by atoms with Crippen LogP contribution in [0.2, 0.25) is 0 Å². The summed E-state index contributed by atoms with van der Waals surface area (Å²) in [4.78, 5) is 0. The van der Waals surface area contributed by atoms with Crippen molar-refractivity contribution in [2.24, 2.45) is 0 Å². The average molecular weight is 234 g/mol. The van der Waals surface area contributed by atoms with Gasteiger partial charge in [0.2, 0.25) is 0 Å². The van der Waals surface area contributed by atoms with Crippen molar-refractivity contribution >= 4 is 10.9 Å². The Hall–Kier alpha value is -1.39. The molecule has 1 atom stereocenters. The molecule has 0 fully saturated rings. The predicted molar refractivity (Wildman–Crippen MR) is 66.8 cm³/mol. The lowest BCUT2D eigenvalue weighted by atomic mass is 10.0. The van der Waals surface area contributed by atoms with E-state index in [1.807, 2.05) is 44.3 Å². The van der Waals surface area contributed by atoms with Crippen LogP contribution >= 0.6 is 0 Å². The number of rotatable bonds is 4. The molecule has 92 valence electrons. The Morgan fingerprint density at radius 1 is 1.41 bits per heavy atom. The van der Waals surface area contributed by atoms with E-state index >= 15 is 0 Å². The summed E-state index contributed by atoms with van der Waals surface area (Å²) in [5.74, 6) is 0. The van der Waals surface area contributed by atoms with Gasteiger partial charge in [0.1, 0.15) is 6.10 Å². The summed E-state index contributed by atoms with van der Waals surface area (Å²) < 4.78 is 7.08. The fourth-order valence-electron chi connectivity index (χ4n) is 1.69. The third kappa shape index (κ3) is 2.33. The molecule has 0 aliphatic heterocycles. The van der Waals surface area contributed by atoms with Crippen LogP contribution < -0.4 is 0 Å². The van der Waals surface area contributed by atoms with Gasteiger partial charge < -0.3 is 9.84 Å². The molecule has 2 aromatic rings. The van der Waals surface area contributed by atoms with Gasteiger partial charge in [0, 0.05) is 12.5 Å². The first-order valence-corrected chi connectivity index (χ1v) is 5.68. The lowest BCUT2D eigenvalue weighted by Crippen LogP contribution is -2.41. The third-order valence-electron chi connectivity index (χ3n) is 3.23. The number of aliphatic hydroxyl groups is 1. The monoisotopic (exact) mass is 234 g/mol. The van der Waals surface area contributed by atoms with Crippen LogP contribution in [0.25, 0.3) is 10.9 Å². The summed E-state index contributed by atoms with van der Waals surface area (Å²) in [6.07, 6.45) is 1.21. The van der Waals surface area contributed by atoms with Crippen molar-refractivity contribution in [3.05, 3.63) is 30.5 Å². The normalized spacial score (nSPS) is 14.1. The number of nitrogens with zero attached hydrogens (tertiary/aromatic N) is 2. The summed E-state index contributed by atoms with van der Waals surface area (Å²) >= 11 is 0. The van der Waals surface area contributed by atoms with E-state index in [4.69, 9.17) is 4.74 Å². The maximum Gasteiger partial charge on any atom is 0.102 e. The first-order chi connectivity index (χ1) is 8.04. The number of fused-ring (bicyclic) bond motifs is 1. The van der Waals surface area contributed by atoms with Gasteiger partial charge in [-0.15, -0.1) is 0 Å². The van der Waals surface area contributed by atoms with E-state index in [-0.39, 0.29) is 0 Å². The highest BCUT2D eigenvalue weighted by Crippen LogP contribution is 2.18. The van der Waals surface area contributed by atoms with Crippen molar-refractivity contribution in [1.29, 1.82) is 0 Å². The predicted octanol–water partition coefficient (Wildman–Crippen LogP) is 1.82. The highest BCUT2D eigenvalue weighted by molar-refractivity contribution is 5.78. The maximum absolute atomic E-state index is 10.1. The van der Waals surface area contributed by atoms with Crippen molar-refractivity contribution in [2.75, 3.05) is 7.11 Å². The molecule has 0 saturated carbocycles. The molecule has 4 heteroatoms. The summed E-state index contributed by atoms with van der Waals surface area (Å²) in [5.41, 5.74) is 0.450. The van der Waals surface area contributed by atoms with Gasteiger partial charge in [-0.2, -0.15) is 5.10 Å². The molecule has 0 aliphatic carbocycles. The SMILES string of the molecule is COC(C)(C)C(O)Cn1ncc2ccccc21. The lowest BCUT2D eigenvalue weighted by Gasteiger charge is -2.29. The van der Waals surface area contributed by atoms with Crippen LogP contribution in [-0.2, 0) is 11.3 Å². The van der Waals surface area contributed by atoms with Crippen LogP contribution in [0.1, 0.15) is 13.8 Å². The van der Waals surface area contributed by atoms with Crippen LogP contribution in [0.5, 0.6) is 0 Å². The lowest BCUT2D eigenvalue weighted by molar-refractivity contribution is -0.0839. The van der Waals surface area contributed by atoms with Crippen molar-refractivity contribution in [2.45, 2.75) is 32.1 Å². The molecular weight excluding hydrogens is 216 g/mol. The van der Waals surface area contributed by atoms with E-state index < -0.39 is 11.7 Å². The molecule has 0 amide bonds. The highest BCUT2D eigenvalue weighted by Gasteiger charge is 2.28. The summed E-state index contributed by atoms with van der Waals surface area (Å²) in [7, 11) is 1.60. The van der Waals surface area contributed by atoms with E-state index in [1.54, 1.807) is 11.8 Å². The van der Waals surface area contributed by atoms with Crippen LogP contribution in [0, 0.1) is 0 Å². The van der Waals surface area contributed by atoms with Gasteiger partial charge >= 0.3 is 0 Å². The second-order valence-electron chi connectivity index (χ2n) is 4.71. The second-order valence-corrected chi connectivity index (χ2v) is 4.71. The van der Waals surface area contributed by atoms with Gasteiger partial charge in [-0.1, -0.05) is 18.2 Å². The minimum Gasteiger partial charge on any atom is -0.388 e. The quantitative estimate of drug-likeness (QED) is 0.877. The van der Waals surface area contributed by atoms with Gasteiger partial charge in [-0.25, -0.2) is 0 Å². The number of hydrogen-bond donors (Lipinski definition) is 1. The fraction of sp³-hybridized carbons (Fsp3) is 0.462. The van der Waals surface area contributed by atoms with E-state index in [1.165, 1.54) is 0 Å². The van der Waals surface area contributed by atoms with Gasteiger partial charge in [0.15, 0.2) is 0 Å². The molecule has 0 radical (unpaired) electrons. The number of methoxy groups -OCH3 is 1. The Morgan fingerprint density at radius 2 is 2.12 bits per heavy atom. The first kappa shape index (κ1) is 12.1. The third-order valence-corrected chi connectivity index (χ3v) is 3.23. The Bertz CT molecular complexity index is 505. The fourth-order valence-corrected chi connectivity index (χ4v) is 1.69. The molecule has 0 spiro atoms. The number of aliphatic hydroxyl groups excluding tert-OH is 1. The molecule has 4 nitrogen and oxygen atoms in total. The molecule has 2 rings (SSSR count). The van der Waals surface area contributed by atoms with Gasteiger partial charge in [0.05, 0.1) is 23.9 Å². The van der Waals surface area contributed by atoms with Gasteiger partial charge in [-0.3, -0.25) is 4.68 Å². The van der Waals surface area contributed by atoms with Crippen LogP contribution in [-0.4, -0.2) is 33.7 Å². The second kappa shape index (κ2) is 4.47. The maximum atomic E-state index is 10.1. The Kier molecular flexibility index (Phi) is 3.17. The molecule has 17 heavy (non-hydrogen) atoms. The zero-order chi connectivity index (χ0) is 12.5. The molecule has 0 aliphatic rings. The standard InChI is InChI=1S/C13H18N2O2/c1-13(2,17-3)12(16)9-15-11-7-5-4-6-10(11)8-14-15/h4-8,12,16H,9H2,1-3H3. The highest BCUT2D eigenvalue weighted by atomic mass is 16.5. The van der Waals surface area contributed by atoms with Crippen molar-refractivity contribution < 1.29 is 9.84 Å². The number of aromatic nitrogens is 2. The number of hydrogen-bond acceptors (Lipinski definition) is 3. The van der Waals surface area contributed by atoms with E-state index in [0.29, 0.717) is 6.54 Å². The van der Waals surface area contributed by atoms with E-state index in [9.17, 15) is 5.11 Å². The largest absolute Gasteiger partial charge is 0.388 e. The number of para-hydroxylation sites is 1. The topological polar surface area (TPSA) is 47.3 Å². The smallest absolute Gasteiger partial charge is 0.102 e. The molecule has 1 aromatic carbocycles. The number of ether oxygens (including phenoxy) is 1. The molecule has 1 N–H and O–H groups in total. The molecule has 1 unspecified atom stereocenters. The minimum atomic E-state index is -0.601. The van der Waals surface area contributed by atoms with Crippen molar-refractivity contribution in [3.8, 4) is 0 Å². The van der Waals surface area contributed by atoms with E-state index in [2.05, 4.69) is 5.10 Å². The van der Waals surface area contributed by atoms with Crippen molar-refractivity contribution in [1.82, 2.24) is 9.78 Å². The van der Waals surface area contributed by atoms with Crippen LogP contribution in [0.4, 0.5) is 0 Å². The molecule has 0 bridgehead atoms.